The van der Waals surface area contributed by atoms with Gasteiger partial charge >= 0.3 is 10.2 Å². The third-order valence-corrected chi connectivity index (χ3v) is 5.18. The zero-order valence-electron chi connectivity index (χ0n) is 11.2. The highest BCUT2D eigenvalue weighted by Gasteiger charge is 2.22. The molecule has 0 atom stereocenters. The fourth-order valence-electron chi connectivity index (χ4n) is 1.24. The summed E-state index contributed by atoms with van der Waals surface area (Å²) in [6.45, 7) is 3.30. The number of benzene rings is 1. The number of anilines is 1. The van der Waals surface area contributed by atoms with Crippen LogP contribution in [-0.4, -0.2) is 34.2 Å². The quantitative estimate of drug-likeness (QED) is 0.820. The summed E-state index contributed by atoms with van der Waals surface area (Å²) < 4.78 is 62.6. The minimum atomic E-state index is -4.04. The molecule has 1 aromatic carbocycles. The zero-order chi connectivity index (χ0) is 15.7. The summed E-state index contributed by atoms with van der Waals surface area (Å²) in [6.07, 6.45) is 0. The number of sulfonamides is 1. The van der Waals surface area contributed by atoms with E-state index in [9.17, 15) is 21.2 Å². The van der Waals surface area contributed by atoms with Crippen LogP contribution in [0.2, 0.25) is 0 Å². The van der Waals surface area contributed by atoms with E-state index in [1.807, 2.05) is 4.72 Å². The Morgan fingerprint density at radius 3 is 2.20 bits per heavy atom. The Labute approximate surface area is 117 Å². The zero-order valence-corrected chi connectivity index (χ0v) is 12.8. The fraction of sp³-hybridized carbons (Fsp3) is 0.400. The van der Waals surface area contributed by atoms with Gasteiger partial charge in [-0.2, -0.15) is 12.7 Å². The van der Waals surface area contributed by atoms with Gasteiger partial charge in [0.1, 0.15) is 5.82 Å². The van der Waals surface area contributed by atoms with Crippen molar-refractivity contribution >= 4 is 25.9 Å². The fourth-order valence-corrected chi connectivity index (χ4v) is 2.91. The van der Waals surface area contributed by atoms with Gasteiger partial charge < -0.3 is 0 Å². The van der Waals surface area contributed by atoms with Crippen molar-refractivity contribution in [1.29, 1.82) is 0 Å². The average Bonchev–Trinajstić information content (AvgIpc) is 2.29. The molecule has 0 heterocycles. The Morgan fingerprint density at radius 1 is 1.25 bits per heavy atom. The van der Waals surface area contributed by atoms with Gasteiger partial charge in [0, 0.05) is 13.1 Å². The molecule has 0 fully saturated rings. The Bertz CT molecular complexity index is 701. The molecule has 0 unspecified atom stereocenters. The molecule has 0 bridgehead atoms. The highest BCUT2D eigenvalue weighted by molar-refractivity contribution is 7.90. The average molecular weight is 325 g/mol. The second-order valence-corrected chi connectivity index (χ2v) is 7.70. The van der Waals surface area contributed by atoms with Gasteiger partial charge in [-0.15, -0.1) is 0 Å². The van der Waals surface area contributed by atoms with Gasteiger partial charge in [-0.25, -0.2) is 17.9 Å². The molecule has 0 spiro atoms. The van der Waals surface area contributed by atoms with Gasteiger partial charge in [-0.3, -0.25) is 4.72 Å². The molecule has 0 radical (unpaired) electrons. The molecule has 1 aromatic rings. The second kappa shape index (κ2) is 5.64. The first-order valence-electron chi connectivity index (χ1n) is 5.53. The van der Waals surface area contributed by atoms with Crippen LogP contribution in [0.15, 0.2) is 23.1 Å². The first-order valence-corrected chi connectivity index (χ1v) is 8.52. The molecule has 0 aliphatic heterocycles. The maximum absolute atomic E-state index is 13.7. The number of halogens is 1. The molecule has 3 N–H and O–H groups in total. The summed E-state index contributed by atoms with van der Waals surface area (Å²) in [5.74, 6) is -1.03. The SMILES string of the molecule is CC(C)N(C)S(=O)(=O)Nc1ccc(S(N)(=O)=O)cc1F. The molecule has 0 amide bonds. The molecule has 1 rings (SSSR count). The molecule has 7 nitrogen and oxygen atoms in total. The maximum Gasteiger partial charge on any atom is 0.301 e. The van der Waals surface area contributed by atoms with Crippen LogP contribution in [0, 0.1) is 5.82 Å². The molecule has 20 heavy (non-hydrogen) atoms. The topological polar surface area (TPSA) is 110 Å². The Morgan fingerprint density at radius 2 is 1.80 bits per heavy atom. The van der Waals surface area contributed by atoms with E-state index in [0.29, 0.717) is 6.07 Å². The van der Waals surface area contributed by atoms with Crippen molar-refractivity contribution in [3.63, 3.8) is 0 Å². The van der Waals surface area contributed by atoms with Crippen molar-refractivity contribution in [1.82, 2.24) is 4.31 Å². The highest BCUT2D eigenvalue weighted by Crippen LogP contribution is 2.20. The minimum absolute atomic E-state index is 0.320. The van der Waals surface area contributed by atoms with Gasteiger partial charge in [0.05, 0.1) is 10.6 Å². The molecular formula is C10H16FN3O4S2. The number of nitrogens with zero attached hydrogens (tertiary/aromatic N) is 1. The van der Waals surface area contributed by atoms with Crippen LogP contribution in [0.25, 0.3) is 0 Å². The van der Waals surface area contributed by atoms with Gasteiger partial charge in [0.2, 0.25) is 10.0 Å². The summed E-state index contributed by atoms with van der Waals surface area (Å²) in [7, 11) is -6.63. The van der Waals surface area contributed by atoms with Gasteiger partial charge in [0.25, 0.3) is 0 Å². The summed E-state index contributed by atoms with van der Waals surface area (Å²) in [4.78, 5) is -0.435. The van der Waals surface area contributed by atoms with Crippen LogP contribution in [0.4, 0.5) is 10.1 Å². The molecule has 0 aliphatic carbocycles. The lowest BCUT2D eigenvalue weighted by molar-refractivity contribution is 0.414. The molecular weight excluding hydrogens is 309 g/mol. The minimum Gasteiger partial charge on any atom is -0.268 e. The summed E-state index contributed by atoms with van der Waals surface area (Å²) in [5, 5.41) is 4.85. The third kappa shape index (κ3) is 3.88. The van der Waals surface area contributed by atoms with Crippen molar-refractivity contribution in [2.45, 2.75) is 24.8 Å². The predicted molar refractivity (Wildman–Crippen MR) is 73.2 cm³/mol. The largest absolute Gasteiger partial charge is 0.301 e. The van der Waals surface area contributed by atoms with E-state index in [4.69, 9.17) is 5.14 Å². The molecule has 114 valence electrons. The molecule has 0 aliphatic rings. The lowest BCUT2D eigenvalue weighted by Crippen LogP contribution is -2.37. The van der Waals surface area contributed by atoms with Crippen molar-refractivity contribution in [3.05, 3.63) is 24.0 Å². The number of rotatable bonds is 5. The predicted octanol–water partition coefficient (Wildman–Crippen LogP) is 0.470. The van der Waals surface area contributed by atoms with Crippen molar-refractivity contribution in [2.24, 2.45) is 5.14 Å². The normalized spacial score (nSPS) is 12.9. The Balaban J connectivity index is 3.13. The van der Waals surface area contributed by atoms with E-state index >= 15 is 0 Å². The summed E-state index contributed by atoms with van der Waals surface area (Å²) in [5.41, 5.74) is -0.357. The Kier molecular flexibility index (Phi) is 4.74. The Hall–Kier alpha value is -1.23. The van der Waals surface area contributed by atoms with Gasteiger partial charge in [0.15, 0.2) is 0 Å². The molecule has 0 aromatic heterocycles. The molecule has 0 saturated carbocycles. The van der Waals surface area contributed by atoms with Crippen molar-refractivity contribution in [2.75, 3.05) is 11.8 Å². The molecule has 0 saturated heterocycles. The standard InChI is InChI=1S/C10H16FN3O4S2/c1-7(2)14(3)20(17,18)13-10-5-4-8(6-9(10)11)19(12,15)16/h4-7,13H,1-3H3,(H2,12,15,16). The summed E-state index contributed by atoms with van der Waals surface area (Å²) in [6, 6.07) is 2.36. The van der Waals surface area contributed by atoms with Gasteiger partial charge in [-0.1, -0.05) is 0 Å². The lowest BCUT2D eigenvalue weighted by Gasteiger charge is -2.21. The second-order valence-electron chi connectivity index (χ2n) is 4.40. The van der Waals surface area contributed by atoms with Crippen molar-refractivity contribution in [3.8, 4) is 0 Å². The van der Waals surface area contributed by atoms with Crippen LogP contribution in [-0.2, 0) is 20.2 Å². The first kappa shape index (κ1) is 16.8. The van der Waals surface area contributed by atoms with E-state index < -0.39 is 30.9 Å². The van der Waals surface area contributed by atoms with E-state index in [1.165, 1.54) is 7.05 Å². The number of nitrogens with two attached hydrogens (primary N) is 1. The first-order chi connectivity index (χ1) is 8.95. The van der Waals surface area contributed by atoms with Crippen LogP contribution >= 0.6 is 0 Å². The van der Waals surface area contributed by atoms with Gasteiger partial charge in [-0.05, 0) is 32.0 Å². The van der Waals surface area contributed by atoms with Crippen LogP contribution < -0.4 is 9.86 Å². The third-order valence-electron chi connectivity index (χ3n) is 2.61. The lowest BCUT2D eigenvalue weighted by atomic mass is 10.3. The van der Waals surface area contributed by atoms with E-state index in [1.54, 1.807) is 13.8 Å². The number of nitrogens with one attached hydrogen (secondary N) is 1. The number of primary sulfonamides is 1. The van der Waals surface area contributed by atoms with Crippen molar-refractivity contribution < 1.29 is 21.2 Å². The highest BCUT2D eigenvalue weighted by atomic mass is 32.2. The summed E-state index contributed by atoms with van der Waals surface area (Å²) >= 11 is 0. The number of hydrogen-bond acceptors (Lipinski definition) is 4. The molecule has 10 heteroatoms. The van der Waals surface area contributed by atoms with Crippen LogP contribution in [0.5, 0.6) is 0 Å². The van der Waals surface area contributed by atoms with Crippen LogP contribution in [0.1, 0.15) is 13.8 Å². The van der Waals surface area contributed by atoms with E-state index in [-0.39, 0.29) is 11.7 Å². The van der Waals surface area contributed by atoms with E-state index in [2.05, 4.69) is 0 Å². The number of hydrogen-bond donors (Lipinski definition) is 2. The maximum atomic E-state index is 13.7. The monoisotopic (exact) mass is 325 g/mol. The van der Waals surface area contributed by atoms with Crippen LogP contribution in [0.3, 0.4) is 0 Å². The smallest absolute Gasteiger partial charge is 0.268 e. The van der Waals surface area contributed by atoms with E-state index in [0.717, 1.165) is 16.4 Å².